The summed E-state index contributed by atoms with van der Waals surface area (Å²) in [5.41, 5.74) is 7.62. The first-order valence-corrected chi connectivity index (χ1v) is 8.79. The first-order chi connectivity index (χ1) is 10.2. The molecule has 5 nitrogen and oxygen atoms in total. The summed E-state index contributed by atoms with van der Waals surface area (Å²) in [4.78, 5) is 13.4. The number of imidazole rings is 1. The van der Waals surface area contributed by atoms with Gasteiger partial charge < -0.3 is 10.3 Å². The van der Waals surface area contributed by atoms with Gasteiger partial charge in [-0.3, -0.25) is 0 Å². The van der Waals surface area contributed by atoms with Gasteiger partial charge in [-0.15, -0.1) is 0 Å². The summed E-state index contributed by atoms with van der Waals surface area (Å²) in [5, 5.41) is 0.764. The van der Waals surface area contributed by atoms with Crippen LogP contribution in [0, 0.1) is 5.92 Å². The zero-order chi connectivity index (χ0) is 15.2. The predicted octanol–water partition coefficient (Wildman–Crippen LogP) is 3.74. The summed E-state index contributed by atoms with van der Waals surface area (Å²) < 4.78 is 2.12. The molecule has 0 amide bonds. The van der Waals surface area contributed by atoms with E-state index in [0.29, 0.717) is 11.7 Å². The summed E-state index contributed by atoms with van der Waals surface area (Å²) in [6.07, 6.45) is 6.51. The van der Waals surface area contributed by atoms with Crippen molar-refractivity contribution >= 4 is 28.7 Å². The summed E-state index contributed by atoms with van der Waals surface area (Å²) in [5.74, 6) is 2.17. The van der Waals surface area contributed by atoms with Gasteiger partial charge in [0.2, 0.25) is 0 Å². The van der Waals surface area contributed by atoms with Crippen molar-refractivity contribution in [1.82, 2.24) is 19.5 Å². The molecule has 0 saturated carbocycles. The van der Waals surface area contributed by atoms with Crippen molar-refractivity contribution < 1.29 is 0 Å². The Hall–Kier alpha value is -1.30. The van der Waals surface area contributed by atoms with E-state index in [1.54, 1.807) is 11.8 Å². The highest BCUT2D eigenvalue weighted by Gasteiger charge is 2.13. The molecule has 0 unspecified atom stereocenters. The molecule has 0 radical (unpaired) electrons. The van der Waals surface area contributed by atoms with Crippen LogP contribution in [0.5, 0.6) is 0 Å². The van der Waals surface area contributed by atoms with Crippen LogP contribution in [0.25, 0.3) is 11.2 Å². The fourth-order valence-corrected chi connectivity index (χ4v) is 3.21. The van der Waals surface area contributed by atoms with Crippen molar-refractivity contribution in [2.24, 2.45) is 5.92 Å². The average Bonchev–Trinajstić information content (AvgIpc) is 2.88. The fraction of sp³-hybridized carbons (Fsp3) is 0.667. The lowest BCUT2D eigenvalue weighted by atomic mass is 10.0. The number of nitrogens with two attached hydrogens (primary N) is 1. The van der Waals surface area contributed by atoms with Crippen molar-refractivity contribution in [3.63, 3.8) is 0 Å². The summed E-state index contributed by atoms with van der Waals surface area (Å²) in [6.45, 7) is 7.58. The Labute approximate surface area is 130 Å². The molecule has 0 aliphatic heterocycles. The lowest BCUT2D eigenvalue weighted by Gasteiger charge is -2.13. The van der Waals surface area contributed by atoms with Gasteiger partial charge in [0.15, 0.2) is 16.6 Å². The van der Waals surface area contributed by atoms with Gasteiger partial charge in [-0.2, -0.15) is 0 Å². The van der Waals surface area contributed by atoms with Gasteiger partial charge in [0.25, 0.3) is 0 Å². The quantitative estimate of drug-likeness (QED) is 0.457. The maximum atomic E-state index is 6.03. The van der Waals surface area contributed by atoms with Gasteiger partial charge in [-0.1, -0.05) is 51.8 Å². The Morgan fingerprint density at radius 2 is 2.00 bits per heavy atom. The molecular weight excluding hydrogens is 282 g/mol. The average molecular weight is 307 g/mol. The second-order valence-corrected chi connectivity index (χ2v) is 6.41. The topological polar surface area (TPSA) is 69.6 Å². The van der Waals surface area contributed by atoms with Gasteiger partial charge >= 0.3 is 0 Å². The number of anilines is 1. The highest BCUT2D eigenvalue weighted by Crippen LogP contribution is 2.23. The lowest BCUT2D eigenvalue weighted by Crippen LogP contribution is -2.09. The fourth-order valence-electron chi connectivity index (χ4n) is 2.28. The van der Waals surface area contributed by atoms with Crippen LogP contribution in [-0.2, 0) is 6.54 Å². The minimum Gasteiger partial charge on any atom is -0.382 e. The normalized spacial score (nSPS) is 11.6. The third-order valence-electron chi connectivity index (χ3n) is 3.81. The molecular formula is C15H25N5S. The first-order valence-electron chi connectivity index (χ1n) is 7.80. The number of nitrogens with zero attached hydrogens (tertiary/aromatic N) is 4. The molecule has 0 aliphatic rings. The minimum absolute atomic E-state index is 0.488. The second-order valence-electron chi connectivity index (χ2n) is 5.35. The Morgan fingerprint density at radius 3 is 2.67 bits per heavy atom. The van der Waals surface area contributed by atoms with E-state index in [4.69, 9.17) is 5.73 Å². The Balaban J connectivity index is 2.26. The molecule has 0 aliphatic carbocycles. The van der Waals surface area contributed by atoms with Crippen molar-refractivity contribution in [1.29, 1.82) is 0 Å². The van der Waals surface area contributed by atoms with Crippen LogP contribution >= 0.6 is 11.8 Å². The number of aromatic nitrogens is 4. The molecule has 0 atom stereocenters. The maximum absolute atomic E-state index is 6.03. The van der Waals surface area contributed by atoms with Crippen LogP contribution < -0.4 is 5.73 Å². The SMILES string of the molecule is CCCCSc1nc(N)c2ncn(CC(CC)CC)c2n1. The van der Waals surface area contributed by atoms with Crippen molar-refractivity contribution in [3.8, 4) is 0 Å². The number of nitrogen functional groups attached to an aromatic ring is 1. The van der Waals surface area contributed by atoms with E-state index in [1.165, 1.54) is 12.8 Å². The maximum Gasteiger partial charge on any atom is 0.191 e. The number of rotatable bonds is 8. The third-order valence-corrected chi connectivity index (χ3v) is 4.74. The van der Waals surface area contributed by atoms with E-state index in [0.717, 1.165) is 41.5 Å². The van der Waals surface area contributed by atoms with Crippen LogP contribution in [0.1, 0.15) is 46.5 Å². The largest absolute Gasteiger partial charge is 0.382 e. The number of hydrogen-bond donors (Lipinski definition) is 1. The van der Waals surface area contributed by atoms with Gasteiger partial charge in [-0.25, -0.2) is 15.0 Å². The highest BCUT2D eigenvalue weighted by molar-refractivity contribution is 7.99. The van der Waals surface area contributed by atoms with Crippen molar-refractivity contribution in [3.05, 3.63) is 6.33 Å². The van der Waals surface area contributed by atoms with E-state index in [2.05, 4.69) is 40.3 Å². The molecule has 2 rings (SSSR count). The molecule has 0 bridgehead atoms. The van der Waals surface area contributed by atoms with Crippen LogP contribution in [0.4, 0.5) is 5.82 Å². The van der Waals surface area contributed by atoms with E-state index in [-0.39, 0.29) is 0 Å². The number of thioether (sulfide) groups is 1. The molecule has 2 aromatic heterocycles. The molecule has 21 heavy (non-hydrogen) atoms. The Morgan fingerprint density at radius 1 is 1.24 bits per heavy atom. The van der Waals surface area contributed by atoms with Gasteiger partial charge in [0.05, 0.1) is 6.33 Å². The Bertz CT molecular complexity index is 577. The second kappa shape index (κ2) is 7.64. The van der Waals surface area contributed by atoms with Crippen LogP contribution in [0.3, 0.4) is 0 Å². The molecule has 0 spiro atoms. The van der Waals surface area contributed by atoms with E-state index < -0.39 is 0 Å². The number of hydrogen-bond acceptors (Lipinski definition) is 5. The molecule has 2 N–H and O–H groups in total. The van der Waals surface area contributed by atoms with Crippen molar-refractivity contribution in [2.75, 3.05) is 11.5 Å². The van der Waals surface area contributed by atoms with Gasteiger partial charge in [0, 0.05) is 12.3 Å². The first kappa shape index (κ1) is 16.1. The van der Waals surface area contributed by atoms with E-state index in [9.17, 15) is 0 Å². The monoisotopic (exact) mass is 307 g/mol. The van der Waals surface area contributed by atoms with Crippen LogP contribution in [-0.4, -0.2) is 25.3 Å². The number of fused-ring (bicyclic) bond motifs is 1. The molecule has 6 heteroatoms. The Kier molecular flexibility index (Phi) is 5.85. The summed E-state index contributed by atoms with van der Waals surface area (Å²) >= 11 is 1.67. The van der Waals surface area contributed by atoms with Crippen molar-refractivity contribution in [2.45, 2.75) is 58.2 Å². The standard InChI is InChI=1S/C15H25N5S/c1-4-7-8-21-15-18-13(16)12-14(19-15)20(10-17-12)9-11(5-2)6-3/h10-11H,4-9H2,1-3H3,(H2,16,18,19). The van der Waals surface area contributed by atoms with Gasteiger partial charge in [0.1, 0.15) is 5.52 Å². The molecule has 116 valence electrons. The molecule has 2 aromatic rings. The molecule has 0 saturated heterocycles. The highest BCUT2D eigenvalue weighted by atomic mass is 32.2. The molecule has 0 fully saturated rings. The zero-order valence-corrected chi connectivity index (χ0v) is 14.0. The summed E-state index contributed by atoms with van der Waals surface area (Å²) in [7, 11) is 0. The van der Waals surface area contributed by atoms with E-state index >= 15 is 0 Å². The smallest absolute Gasteiger partial charge is 0.191 e. The summed E-state index contributed by atoms with van der Waals surface area (Å²) in [6, 6.07) is 0. The molecule has 0 aromatic carbocycles. The minimum atomic E-state index is 0.488. The third kappa shape index (κ3) is 3.87. The van der Waals surface area contributed by atoms with Gasteiger partial charge in [-0.05, 0) is 12.3 Å². The van der Waals surface area contributed by atoms with Crippen LogP contribution in [0.2, 0.25) is 0 Å². The predicted molar refractivity (Wildman–Crippen MR) is 89.4 cm³/mol. The van der Waals surface area contributed by atoms with Crippen LogP contribution in [0.15, 0.2) is 11.5 Å². The lowest BCUT2D eigenvalue weighted by molar-refractivity contribution is 0.422. The number of unbranched alkanes of at least 4 members (excludes halogenated alkanes) is 1. The molecule has 2 heterocycles. The zero-order valence-electron chi connectivity index (χ0n) is 13.2. The van der Waals surface area contributed by atoms with E-state index in [1.807, 2.05) is 6.33 Å².